The van der Waals surface area contributed by atoms with Gasteiger partial charge >= 0.3 is 0 Å². The standard InChI is InChI=1S/C29H23N5/c1-5-11-18(3)28-31-23-13-8-7-12-21(23)29(32-28)34-19(4)20(6-2)22-16-24-26(17-25(22)34)33-15-10-9-14-27(33)30-24/h5-17H,3-4H2,1-2H3/b11-5-,20-6+. The van der Waals surface area contributed by atoms with Gasteiger partial charge in [-0.3, -0.25) is 8.97 Å². The molecule has 0 radical (unpaired) electrons. The van der Waals surface area contributed by atoms with E-state index in [1.807, 2.05) is 68.6 Å². The Labute approximate surface area is 196 Å². The van der Waals surface area contributed by atoms with Gasteiger partial charge in [0.1, 0.15) is 11.5 Å². The lowest BCUT2D eigenvalue weighted by molar-refractivity contribution is 0.994. The van der Waals surface area contributed by atoms with Crippen molar-refractivity contribution in [3.05, 3.63) is 95.9 Å². The number of hydrogen-bond donors (Lipinski definition) is 0. The molecule has 34 heavy (non-hydrogen) atoms. The number of aromatic nitrogens is 5. The highest BCUT2D eigenvalue weighted by Crippen LogP contribution is 2.27. The summed E-state index contributed by atoms with van der Waals surface area (Å²) in [5.74, 6) is 1.40. The molecule has 0 bridgehead atoms. The van der Waals surface area contributed by atoms with E-state index in [1.165, 1.54) is 0 Å². The molecule has 0 aliphatic rings. The lowest BCUT2D eigenvalue weighted by Gasteiger charge is -2.12. The minimum absolute atomic E-state index is 0.603. The Hall–Kier alpha value is -4.51. The summed E-state index contributed by atoms with van der Waals surface area (Å²) in [7, 11) is 0. The SMILES string of the molecule is C=C(/C=C\C)c1nc(-n2c(=C)/c(=C\C)c3cc4nc5ccccn5c4cc32)c2ccccc2n1. The Morgan fingerprint density at radius 2 is 1.71 bits per heavy atom. The largest absolute Gasteiger partial charge is 0.300 e. The molecule has 2 aromatic carbocycles. The number of rotatable bonds is 3. The van der Waals surface area contributed by atoms with Gasteiger partial charge in [-0.2, -0.15) is 0 Å². The van der Waals surface area contributed by atoms with Crippen LogP contribution in [0.4, 0.5) is 0 Å². The molecule has 0 N–H and O–H groups in total. The van der Waals surface area contributed by atoms with Crippen LogP contribution in [0, 0.1) is 0 Å². The van der Waals surface area contributed by atoms with Crippen LogP contribution >= 0.6 is 0 Å². The second kappa shape index (κ2) is 7.52. The number of para-hydroxylation sites is 1. The number of allylic oxidation sites excluding steroid dienone is 3. The third kappa shape index (κ3) is 2.83. The molecule has 0 aliphatic heterocycles. The molecule has 4 heterocycles. The summed E-state index contributed by atoms with van der Waals surface area (Å²) in [5.41, 5.74) is 5.58. The van der Waals surface area contributed by atoms with E-state index in [0.29, 0.717) is 5.82 Å². The van der Waals surface area contributed by atoms with E-state index in [0.717, 1.165) is 60.4 Å². The summed E-state index contributed by atoms with van der Waals surface area (Å²) < 4.78 is 4.25. The zero-order valence-electron chi connectivity index (χ0n) is 19.2. The first kappa shape index (κ1) is 20.1. The highest BCUT2D eigenvalue weighted by atomic mass is 15.1. The Morgan fingerprint density at radius 1 is 0.882 bits per heavy atom. The van der Waals surface area contributed by atoms with Crippen LogP contribution in [0.3, 0.4) is 0 Å². The molecular formula is C29H23N5. The van der Waals surface area contributed by atoms with Crippen LogP contribution in [0.5, 0.6) is 0 Å². The lowest BCUT2D eigenvalue weighted by Crippen LogP contribution is -2.27. The van der Waals surface area contributed by atoms with Crippen molar-refractivity contribution in [3.8, 4) is 5.82 Å². The van der Waals surface area contributed by atoms with E-state index in [2.05, 4.69) is 46.4 Å². The van der Waals surface area contributed by atoms with Crippen LogP contribution in [0.1, 0.15) is 19.7 Å². The molecule has 4 aromatic heterocycles. The summed E-state index contributed by atoms with van der Waals surface area (Å²) >= 11 is 0. The maximum absolute atomic E-state index is 5.00. The van der Waals surface area contributed by atoms with Crippen LogP contribution in [-0.4, -0.2) is 23.9 Å². The minimum atomic E-state index is 0.603. The van der Waals surface area contributed by atoms with Crippen molar-refractivity contribution in [1.29, 1.82) is 0 Å². The molecule has 5 heteroatoms. The van der Waals surface area contributed by atoms with Gasteiger partial charge in [0.2, 0.25) is 0 Å². The average molecular weight is 442 g/mol. The summed E-state index contributed by atoms with van der Waals surface area (Å²) in [6.07, 6.45) is 8.02. The van der Waals surface area contributed by atoms with Gasteiger partial charge in [-0.1, -0.05) is 49.6 Å². The summed E-state index contributed by atoms with van der Waals surface area (Å²) in [4.78, 5) is 14.6. The molecule has 6 aromatic rings. The van der Waals surface area contributed by atoms with Crippen molar-refractivity contribution in [1.82, 2.24) is 23.9 Å². The van der Waals surface area contributed by atoms with Crippen molar-refractivity contribution in [2.24, 2.45) is 0 Å². The molecule has 0 saturated heterocycles. The highest BCUT2D eigenvalue weighted by Gasteiger charge is 2.17. The van der Waals surface area contributed by atoms with Gasteiger partial charge in [0.05, 0.1) is 22.1 Å². The zero-order chi connectivity index (χ0) is 23.4. The second-order valence-corrected chi connectivity index (χ2v) is 8.30. The molecule has 6 rings (SSSR count). The van der Waals surface area contributed by atoms with Crippen molar-refractivity contribution in [2.75, 3.05) is 0 Å². The summed E-state index contributed by atoms with van der Waals surface area (Å²) in [6, 6.07) is 18.5. The highest BCUT2D eigenvalue weighted by molar-refractivity contribution is 5.98. The maximum atomic E-state index is 5.00. The van der Waals surface area contributed by atoms with E-state index in [9.17, 15) is 0 Å². The first-order chi connectivity index (χ1) is 16.6. The van der Waals surface area contributed by atoms with Gasteiger partial charge in [0, 0.05) is 33.1 Å². The Kier molecular flexibility index (Phi) is 4.45. The third-order valence-corrected chi connectivity index (χ3v) is 6.28. The van der Waals surface area contributed by atoms with E-state index >= 15 is 0 Å². The van der Waals surface area contributed by atoms with Crippen LogP contribution in [0.15, 0.2) is 79.5 Å². The molecule has 164 valence electrons. The van der Waals surface area contributed by atoms with Gasteiger partial charge in [-0.25, -0.2) is 15.0 Å². The number of hydrogen-bond acceptors (Lipinski definition) is 3. The molecule has 5 nitrogen and oxygen atoms in total. The van der Waals surface area contributed by atoms with Crippen molar-refractivity contribution < 1.29 is 0 Å². The fraction of sp³-hybridized carbons (Fsp3) is 0.0690. The van der Waals surface area contributed by atoms with E-state index in [4.69, 9.17) is 15.0 Å². The molecule has 0 atom stereocenters. The lowest BCUT2D eigenvalue weighted by atomic mass is 10.2. The predicted octanol–water partition coefficient (Wildman–Crippen LogP) is 5.17. The zero-order valence-corrected chi connectivity index (χ0v) is 19.2. The number of fused-ring (bicyclic) bond motifs is 5. The predicted molar refractivity (Wildman–Crippen MR) is 141 cm³/mol. The minimum Gasteiger partial charge on any atom is -0.300 e. The van der Waals surface area contributed by atoms with Gasteiger partial charge in [0.15, 0.2) is 5.82 Å². The van der Waals surface area contributed by atoms with Crippen molar-refractivity contribution in [3.63, 3.8) is 0 Å². The molecule has 0 aliphatic carbocycles. The number of benzene rings is 2. The average Bonchev–Trinajstić information content (AvgIpc) is 3.35. The number of nitrogens with zero attached hydrogens (tertiary/aromatic N) is 5. The topological polar surface area (TPSA) is 48.0 Å². The van der Waals surface area contributed by atoms with E-state index in [-0.39, 0.29) is 0 Å². The smallest absolute Gasteiger partial charge is 0.161 e. The van der Waals surface area contributed by atoms with Crippen molar-refractivity contribution in [2.45, 2.75) is 13.8 Å². The molecule has 0 amide bonds. The van der Waals surface area contributed by atoms with E-state index in [1.54, 1.807) is 0 Å². The first-order valence-electron chi connectivity index (χ1n) is 11.3. The van der Waals surface area contributed by atoms with Crippen LogP contribution in [0.2, 0.25) is 0 Å². The molecule has 0 spiro atoms. The fourth-order valence-electron chi connectivity index (χ4n) is 4.74. The van der Waals surface area contributed by atoms with E-state index < -0.39 is 0 Å². The summed E-state index contributed by atoms with van der Waals surface area (Å²) in [5, 5.41) is 4.01. The normalized spacial score (nSPS) is 12.7. The Morgan fingerprint density at radius 3 is 2.53 bits per heavy atom. The van der Waals surface area contributed by atoms with Gasteiger partial charge < -0.3 is 0 Å². The fourth-order valence-corrected chi connectivity index (χ4v) is 4.74. The Balaban J connectivity index is 1.79. The second-order valence-electron chi connectivity index (χ2n) is 8.30. The molecule has 0 fully saturated rings. The number of imidazole rings is 1. The van der Waals surface area contributed by atoms with Crippen LogP contribution in [-0.2, 0) is 0 Å². The third-order valence-electron chi connectivity index (χ3n) is 6.28. The van der Waals surface area contributed by atoms with Crippen LogP contribution < -0.4 is 10.6 Å². The maximum Gasteiger partial charge on any atom is 0.161 e. The molecule has 0 saturated carbocycles. The van der Waals surface area contributed by atoms with Crippen LogP contribution in [0.25, 0.3) is 62.5 Å². The summed E-state index contributed by atoms with van der Waals surface area (Å²) in [6.45, 7) is 12.6. The first-order valence-corrected chi connectivity index (χ1v) is 11.3. The van der Waals surface area contributed by atoms with Gasteiger partial charge in [-0.15, -0.1) is 0 Å². The molecule has 0 unspecified atom stereocenters. The molecular weight excluding hydrogens is 418 g/mol. The van der Waals surface area contributed by atoms with Gasteiger partial charge in [0.25, 0.3) is 0 Å². The van der Waals surface area contributed by atoms with Crippen molar-refractivity contribution >= 4 is 56.7 Å². The van der Waals surface area contributed by atoms with Gasteiger partial charge in [-0.05, 0) is 50.2 Å². The number of pyridine rings is 1. The quantitative estimate of drug-likeness (QED) is 0.356. The monoisotopic (exact) mass is 441 g/mol. The Bertz CT molecular complexity index is 1920.